The molecule has 10 nitrogen and oxygen atoms in total. The van der Waals surface area contributed by atoms with Gasteiger partial charge in [0.15, 0.2) is 6.61 Å². The summed E-state index contributed by atoms with van der Waals surface area (Å²) in [5, 5.41) is 2.73. The van der Waals surface area contributed by atoms with Crippen LogP contribution in [-0.4, -0.2) is 77.4 Å². The number of sulfonamides is 2. The highest BCUT2D eigenvalue weighted by Gasteiger charge is 2.26. The van der Waals surface area contributed by atoms with E-state index in [2.05, 4.69) is 5.32 Å². The first-order valence-corrected chi connectivity index (χ1v) is 14.6. The Morgan fingerprint density at radius 3 is 2.19 bits per heavy atom. The van der Waals surface area contributed by atoms with E-state index in [1.54, 1.807) is 39.0 Å². The summed E-state index contributed by atoms with van der Waals surface area (Å²) in [6.07, 6.45) is 0. The molecule has 1 aliphatic rings. The van der Waals surface area contributed by atoms with E-state index in [0.29, 0.717) is 50.7 Å². The summed E-state index contributed by atoms with van der Waals surface area (Å²) in [5.74, 6) is 0.0561. The maximum Gasteiger partial charge on any atom is 0.258 e. The molecule has 198 valence electrons. The van der Waals surface area contributed by atoms with Gasteiger partial charge in [0.25, 0.3) is 5.91 Å². The molecule has 0 radical (unpaired) electrons. The van der Waals surface area contributed by atoms with Gasteiger partial charge in [-0.05, 0) is 48.4 Å². The molecule has 1 saturated heterocycles. The van der Waals surface area contributed by atoms with Crippen molar-refractivity contribution in [3.05, 3.63) is 53.6 Å². The quantitative estimate of drug-likeness (QED) is 0.462. The Morgan fingerprint density at radius 2 is 1.61 bits per heavy atom. The molecule has 0 aliphatic carbocycles. The molecule has 36 heavy (non-hydrogen) atoms. The second-order valence-corrected chi connectivity index (χ2v) is 12.1. The number of nitrogens with zero attached hydrogens (tertiary/aromatic N) is 2. The molecule has 0 bridgehead atoms. The van der Waals surface area contributed by atoms with Gasteiger partial charge in [-0.2, -0.15) is 8.61 Å². The number of benzene rings is 2. The molecule has 2 aromatic carbocycles. The van der Waals surface area contributed by atoms with Gasteiger partial charge in [-0.25, -0.2) is 16.8 Å². The molecule has 0 saturated carbocycles. The van der Waals surface area contributed by atoms with Crippen LogP contribution in [0.25, 0.3) is 0 Å². The molecule has 12 heteroatoms. The SMILES string of the molecule is CCN(CC)S(=O)(=O)c1ccc(OCC(=O)NCc2ccc(S(=O)(=O)N3CCOCC3)cc2)c(C)c1. The zero-order valence-electron chi connectivity index (χ0n) is 20.8. The Labute approximate surface area is 213 Å². The first-order chi connectivity index (χ1) is 17.1. The number of nitrogens with one attached hydrogen (secondary N) is 1. The lowest BCUT2D eigenvalue weighted by Crippen LogP contribution is -2.40. The third-order valence-electron chi connectivity index (χ3n) is 5.87. The molecule has 0 spiro atoms. The van der Waals surface area contributed by atoms with Crippen LogP contribution in [0.3, 0.4) is 0 Å². The van der Waals surface area contributed by atoms with Crippen molar-refractivity contribution in [1.82, 2.24) is 13.9 Å². The number of hydrogen-bond donors (Lipinski definition) is 1. The van der Waals surface area contributed by atoms with Gasteiger partial charge >= 0.3 is 0 Å². The van der Waals surface area contributed by atoms with Gasteiger partial charge in [-0.3, -0.25) is 4.79 Å². The Morgan fingerprint density at radius 1 is 1.00 bits per heavy atom. The average molecular weight is 540 g/mol. The van der Waals surface area contributed by atoms with E-state index in [-0.39, 0.29) is 28.8 Å². The van der Waals surface area contributed by atoms with E-state index in [9.17, 15) is 21.6 Å². The number of carbonyl (C=O) groups is 1. The zero-order chi connectivity index (χ0) is 26.3. The van der Waals surface area contributed by atoms with Crippen molar-refractivity contribution >= 4 is 26.0 Å². The van der Waals surface area contributed by atoms with Gasteiger partial charge in [0.2, 0.25) is 20.0 Å². The van der Waals surface area contributed by atoms with Crippen molar-refractivity contribution in [2.75, 3.05) is 46.0 Å². The van der Waals surface area contributed by atoms with E-state index in [4.69, 9.17) is 9.47 Å². The van der Waals surface area contributed by atoms with Crippen molar-refractivity contribution < 1.29 is 31.1 Å². The van der Waals surface area contributed by atoms with Gasteiger partial charge in [-0.1, -0.05) is 26.0 Å². The number of ether oxygens (including phenoxy) is 2. The summed E-state index contributed by atoms with van der Waals surface area (Å²) in [7, 11) is -7.15. The predicted octanol–water partition coefficient (Wildman–Crippen LogP) is 1.74. The maximum absolute atomic E-state index is 12.7. The average Bonchev–Trinajstić information content (AvgIpc) is 2.88. The summed E-state index contributed by atoms with van der Waals surface area (Å²) in [5.41, 5.74) is 1.35. The molecule has 1 amide bonds. The summed E-state index contributed by atoms with van der Waals surface area (Å²) in [6.45, 7) is 7.42. The predicted molar refractivity (Wildman–Crippen MR) is 135 cm³/mol. The second kappa shape index (κ2) is 12.2. The third kappa shape index (κ3) is 6.62. The van der Waals surface area contributed by atoms with Crippen LogP contribution < -0.4 is 10.1 Å². The van der Waals surface area contributed by atoms with Crippen LogP contribution in [0.5, 0.6) is 5.75 Å². The van der Waals surface area contributed by atoms with Gasteiger partial charge in [-0.15, -0.1) is 0 Å². The van der Waals surface area contributed by atoms with E-state index in [1.807, 2.05) is 0 Å². The van der Waals surface area contributed by atoms with Crippen LogP contribution in [0.2, 0.25) is 0 Å². The standard InChI is InChI=1S/C24H33N3O7S2/c1-4-26(5-2)36(31,32)22-10-11-23(19(3)16-22)34-18-24(28)25-17-20-6-8-21(9-7-20)35(29,30)27-12-14-33-15-13-27/h6-11,16H,4-5,12-15,17-18H2,1-3H3,(H,25,28). The minimum absolute atomic E-state index is 0.180. The number of aryl methyl sites for hydroxylation is 1. The monoisotopic (exact) mass is 539 g/mol. The van der Waals surface area contributed by atoms with E-state index >= 15 is 0 Å². The van der Waals surface area contributed by atoms with Gasteiger partial charge < -0.3 is 14.8 Å². The van der Waals surface area contributed by atoms with Crippen molar-refractivity contribution in [3.63, 3.8) is 0 Å². The van der Waals surface area contributed by atoms with E-state index < -0.39 is 20.0 Å². The molecular weight excluding hydrogens is 506 g/mol. The maximum atomic E-state index is 12.7. The van der Waals surface area contributed by atoms with Crippen LogP contribution in [-0.2, 0) is 36.1 Å². The first kappa shape index (κ1) is 28.1. The lowest BCUT2D eigenvalue weighted by atomic mass is 10.2. The Bertz CT molecular complexity index is 1250. The molecule has 1 heterocycles. The van der Waals surface area contributed by atoms with E-state index in [0.717, 1.165) is 5.56 Å². The van der Waals surface area contributed by atoms with Crippen LogP contribution in [0.4, 0.5) is 0 Å². The number of morpholine rings is 1. The van der Waals surface area contributed by atoms with Crippen molar-refractivity contribution in [3.8, 4) is 5.75 Å². The van der Waals surface area contributed by atoms with Crippen molar-refractivity contribution in [1.29, 1.82) is 0 Å². The summed E-state index contributed by atoms with van der Waals surface area (Å²) in [6, 6.07) is 10.9. The number of rotatable bonds is 11. The highest BCUT2D eigenvalue weighted by atomic mass is 32.2. The summed E-state index contributed by atoms with van der Waals surface area (Å²) in [4.78, 5) is 12.7. The molecule has 0 aromatic heterocycles. The fourth-order valence-electron chi connectivity index (χ4n) is 3.77. The molecule has 2 aromatic rings. The highest BCUT2D eigenvalue weighted by molar-refractivity contribution is 7.89. The summed E-state index contributed by atoms with van der Waals surface area (Å²) >= 11 is 0. The second-order valence-electron chi connectivity index (χ2n) is 8.24. The van der Waals surface area contributed by atoms with Crippen molar-refractivity contribution in [2.45, 2.75) is 37.1 Å². The fraction of sp³-hybridized carbons (Fsp3) is 0.458. The van der Waals surface area contributed by atoms with Crippen molar-refractivity contribution in [2.24, 2.45) is 0 Å². The Hall–Kier alpha value is -2.51. The third-order valence-corrected chi connectivity index (χ3v) is 9.83. The number of hydrogen-bond acceptors (Lipinski definition) is 7. The van der Waals surface area contributed by atoms with Gasteiger partial charge in [0.1, 0.15) is 5.75 Å². The molecule has 3 rings (SSSR count). The van der Waals surface area contributed by atoms with E-state index in [1.165, 1.54) is 32.9 Å². The first-order valence-electron chi connectivity index (χ1n) is 11.8. The fourth-order valence-corrected chi connectivity index (χ4v) is 6.72. The summed E-state index contributed by atoms with van der Waals surface area (Å²) < 4.78 is 64.3. The normalized spacial score (nSPS) is 15.1. The topological polar surface area (TPSA) is 122 Å². The van der Waals surface area contributed by atoms with Crippen LogP contribution in [0.1, 0.15) is 25.0 Å². The lowest BCUT2D eigenvalue weighted by molar-refractivity contribution is -0.123. The van der Waals surface area contributed by atoms with Gasteiger partial charge in [0.05, 0.1) is 23.0 Å². The van der Waals surface area contributed by atoms with Crippen LogP contribution >= 0.6 is 0 Å². The molecular formula is C24H33N3O7S2. The molecule has 1 aliphatic heterocycles. The molecule has 0 atom stereocenters. The highest BCUT2D eigenvalue weighted by Crippen LogP contribution is 2.24. The zero-order valence-corrected chi connectivity index (χ0v) is 22.4. The van der Waals surface area contributed by atoms with Gasteiger partial charge in [0, 0.05) is 32.7 Å². The number of carbonyl (C=O) groups excluding carboxylic acids is 1. The number of amides is 1. The Kier molecular flexibility index (Phi) is 9.47. The minimum atomic E-state index is -3.58. The molecule has 1 fully saturated rings. The smallest absolute Gasteiger partial charge is 0.258 e. The van der Waals surface area contributed by atoms with Crippen LogP contribution in [0.15, 0.2) is 52.3 Å². The lowest BCUT2D eigenvalue weighted by Gasteiger charge is -2.26. The Balaban J connectivity index is 1.53. The molecule has 0 unspecified atom stereocenters. The van der Waals surface area contributed by atoms with Crippen LogP contribution in [0, 0.1) is 6.92 Å². The minimum Gasteiger partial charge on any atom is -0.484 e. The largest absolute Gasteiger partial charge is 0.484 e. The molecule has 1 N–H and O–H groups in total.